The van der Waals surface area contributed by atoms with Crippen LogP contribution in [0.3, 0.4) is 0 Å². The summed E-state index contributed by atoms with van der Waals surface area (Å²) < 4.78 is 5.59. The second-order valence-electron chi connectivity index (χ2n) is 7.10. The van der Waals surface area contributed by atoms with Crippen LogP contribution in [0.1, 0.15) is 24.3 Å². The molecule has 0 aromatic heterocycles. The van der Waals surface area contributed by atoms with Crippen LogP contribution in [0.25, 0.3) is 0 Å². The number of nitrogens with one attached hydrogen (secondary N) is 1. The van der Waals surface area contributed by atoms with Gasteiger partial charge in [-0.1, -0.05) is 18.2 Å². The summed E-state index contributed by atoms with van der Waals surface area (Å²) in [6, 6.07) is 15.5. The summed E-state index contributed by atoms with van der Waals surface area (Å²) in [6.07, 6.45) is 1.57. The molecule has 2 heterocycles. The third kappa shape index (κ3) is 3.60. The largest absolute Gasteiger partial charge is 0.492 e. The number of hydrogen-bond acceptors (Lipinski definition) is 4. The zero-order valence-electron chi connectivity index (χ0n) is 15.1. The van der Waals surface area contributed by atoms with Crippen LogP contribution in [0.4, 0.5) is 11.4 Å². The molecule has 3 N–H and O–H groups in total. The summed E-state index contributed by atoms with van der Waals surface area (Å²) in [7, 11) is 0. The number of fused-ring (bicyclic) bond motifs is 1. The van der Waals surface area contributed by atoms with Gasteiger partial charge in [0.05, 0.1) is 0 Å². The SMILES string of the molecule is NC(=O)C1CCN(c2ccc(NC(=O)C3COc4ccccc43)cc2)CC1. The van der Waals surface area contributed by atoms with E-state index in [0.717, 1.165) is 48.6 Å². The van der Waals surface area contributed by atoms with Crippen LogP contribution in [-0.2, 0) is 9.59 Å². The van der Waals surface area contributed by atoms with Crippen molar-refractivity contribution in [3.63, 3.8) is 0 Å². The number of nitrogens with zero attached hydrogens (tertiary/aromatic N) is 1. The molecule has 2 aromatic rings. The Bertz CT molecular complexity index is 842. The highest BCUT2D eigenvalue weighted by Gasteiger charge is 2.30. The Kier molecular flexibility index (Phi) is 4.71. The lowest BCUT2D eigenvalue weighted by Crippen LogP contribution is -2.38. The molecule has 1 fully saturated rings. The standard InChI is InChI=1S/C21H23N3O3/c22-20(25)14-9-11-24(12-10-14)16-7-5-15(6-8-16)23-21(26)18-13-27-19-4-2-1-3-17(18)19/h1-8,14,18H,9-13H2,(H2,22,25)(H,23,26). The van der Waals surface area contributed by atoms with E-state index in [0.29, 0.717) is 6.61 Å². The molecule has 140 valence electrons. The first-order chi connectivity index (χ1) is 13.1. The molecule has 27 heavy (non-hydrogen) atoms. The van der Waals surface area contributed by atoms with Crippen molar-refractivity contribution in [2.75, 3.05) is 29.9 Å². The van der Waals surface area contributed by atoms with Crippen LogP contribution in [0.2, 0.25) is 0 Å². The van der Waals surface area contributed by atoms with E-state index < -0.39 is 0 Å². The van der Waals surface area contributed by atoms with E-state index in [9.17, 15) is 9.59 Å². The zero-order valence-corrected chi connectivity index (χ0v) is 15.1. The van der Waals surface area contributed by atoms with Gasteiger partial charge in [-0.3, -0.25) is 9.59 Å². The van der Waals surface area contributed by atoms with Gasteiger partial charge in [0.15, 0.2) is 0 Å². The van der Waals surface area contributed by atoms with Gasteiger partial charge in [-0.2, -0.15) is 0 Å². The summed E-state index contributed by atoms with van der Waals surface area (Å²) >= 11 is 0. The molecule has 0 radical (unpaired) electrons. The van der Waals surface area contributed by atoms with Gasteiger partial charge < -0.3 is 20.7 Å². The van der Waals surface area contributed by atoms with Crippen molar-refractivity contribution < 1.29 is 14.3 Å². The molecule has 0 bridgehead atoms. The normalized spacial score (nSPS) is 19.3. The van der Waals surface area contributed by atoms with Gasteiger partial charge in [-0.25, -0.2) is 0 Å². The monoisotopic (exact) mass is 365 g/mol. The van der Waals surface area contributed by atoms with Gasteiger partial charge in [0.25, 0.3) is 0 Å². The molecule has 0 saturated carbocycles. The second-order valence-corrected chi connectivity index (χ2v) is 7.10. The number of ether oxygens (including phenoxy) is 1. The van der Waals surface area contributed by atoms with Gasteiger partial charge in [0.1, 0.15) is 18.3 Å². The molecule has 1 unspecified atom stereocenters. The highest BCUT2D eigenvalue weighted by Crippen LogP contribution is 2.34. The van der Waals surface area contributed by atoms with E-state index in [2.05, 4.69) is 10.2 Å². The highest BCUT2D eigenvalue weighted by atomic mass is 16.5. The summed E-state index contributed by atoms with van der Waals surface area (Å²) in [4.78, 5) is 26.1. The number of amides is 2. The Hall–Kier alpha value is -3.02. The van der Waals surface area contributed by atoms with Crippen LogP contribution in [0, 0.1) is 5.92 Å². The number of benzene rings is 2. The van der Waals surface area contributed by atoms with Crippen LogP contribution in [-0.4, -0.2) is 31.5 Å². The molecule has 1 atom stereocenters. The highest BCUT2D eigenvalue weighted by molar-refractivity contribution is 5.97. The van der Waals surface area contributed by atoms with Crippen LogP contribution >= 0.6 is 0 Å². The van der Waals surface area contributed by atoms with Gasteiger partial charge in [0.2, 0.25) is 11.8 Å². The molecular weight excluding hydrogens is 342 g/mol. The lowest BCUT2D eigenvalue weighted by Gasteiger charge is -2.32. The first-order valence-corrected chi connectivity index (χ1v) is 9.29. The maximum atomic E-state index is 12.6. The minimum Gasteiger partial charge on any atom is -0.492 e. The Balaban J connectivity index is 1.37. The third-order valence-electron chi connectivity index (χ3n) is 5.41. The summed E-state index contributed by atoms with van der Waals surface area (Å²) in [5.74, 6) is 0.220. The van der Waals surface area contributed by atoms with Crippen molar-refractivity contribution in [3.8, 4) is 5.75 Å². The van der Waals surface area contributed by atoms with Gasteiger partial charge in [0, 0.05) is 35.9 Å². The number of para-hydroxylation sites is 1. The second kappa shape index (κ2) is 7.31. The van der Waals surface area contributed by atoms with Crippen LogP contribution in [0.5, 0.6) is 5.75 Å². The fraction of sp³-hybridized carbons (Fsp3) is 0.333. The van der Waals surface area contributed by atoms with E-state index in [1.807, 2.05) is 48.5 Å². The molecule has 0 aliphatic carbocycles. The fourth-order valence-electron chi connectivity index (χ4n) is 3.79. The Labute approximate surface area is 158 Å². The summed E-state index contributed by atoms with van der Waals surface area (Å²) in [5.41, 5.74) is 8.18. The average Bonchev–Trinajstić information content (AvgIpc) is 3.13. The average molecular weight is 365 g/mol. The van der Waals surface area contributed by atoms with E-state index in [4.69, 9.17) is 10.5 Å². The third-order valence-corrected chi connectivity index (χ3v) is 5.41. The molecule has 2 aliphatic rings. The van der Waals surface area contributed by atoms with Crippen molar-refractivity contribution in [2.45, 2.75) is 18.8 Å². The quantitative estimate of drug-likeness (QED) is 0.872. The van der Waals surface area contributed by atoms with Gasteiger partial charge in [-0.15, -0.1) is 0 Å². The molecule has 0 spiro atoms. The lowest BCUT2D eigenvalue weighted by molar-refractivity contribution is -0.122. The minimum atomic E-state index is -0.284. The molecule has 1 saturated heterocycles. The van der Waals surface area contributed by atoms with Crippen molar-refractivity contribution >= 4 is 23.2 Å². The molecule has 4 rings (SSSR count). The predicted molar refractivity (Wildman–Crippen MR) is 104 cm³/mol. The van der Waals surface area contributed by atoms with Crippen molar-refractivity contribution in [3.05, 3.63) is 54.1 Å². The Morgan fingerprint density at radius 3 is 2.44 bits per heavy atom. The number of carbonyl (C=O) groups is 2. The summed E-state index contributed by atoms with van der Waals surface area (Å²) in [6.45, 7) is 2.00. The minimum absolute atomic E-state index is 0.0173. The van der Waals surface area contributed by atoms with Crippen LogP contribution in [0.15, 0.2) is 48.5 Å². The number of rotatable bonds is 4. The summed E-state index contributed by atoms with van der Waals surface area (Å²) in [5, 5.41) is 2.98. The van der Waals surface area contributed by atoms with Crippen molar-refractivity contribution in [1.82, 2.24) is 0 Å². The smallest absolute Gasteiger partial charge is 0.235 e. The number of anilines is 2. The number of piperidine rings is 1. The number of carbonyl (C=O) groups excluding carboxylic acids is 2. The molecule has 6 nitrogen and oxygen atoms in total. The topological polar surface area (TPSA) is 84.7 Å². The van der Waals surface area contributed by atoms with E-state index in [1.54, 1.807) is 0 Å². The van der Waals surface area contributed by atoms with Gasteiger partial charge in [-0.05, 0) is 43.2 Å². The van der Waals surface area contributed by atoms with Crippen LogP contribution < -0.4 is 20.7 Å². The molecular formula is C21H23N3O3. The molecule has 6 heteroatoms. The van der Waals surface area contributed by atoms with Crippen molar-refractivity contribution in [2.24, 2.45) is 11.7 Å². The first kappa shape index (κ1) is 17.4. The van der Waals surface area contributed by atoms with Crippen molar-refractivity contribution in [1.29, 1.82) is 0 Å². The van der Waals surface area contributed by atoms with Gasteiger partial charge >= 0.3 is 0 Å². The zero-order chi connectivity index (χ0) is 18.8. The fourth-order valence-corrected chi connectivity index (χ4v) is 3.79. The number of hydrogen-bond donors (Lipinski definition) is 2. The molecule has 2 aromatic carbocycles. The maximum absolute atomic E-state index is 12.6. The molecule has 2 aliphatic heterocycles. The number of primary amides is 1. The first-order valence-electron chi connectivity index (χ1n) is 9.29. The molecule has 2 amide bonds. The van der Waals surface area contributed by atoms with E-state index >= 15 is 0 Å². The Morgan fingerprint density at radius 1 is 1.04 bits per heavy atom. The lowest BCUT2D eigenvalue weighted by atomic mass is 9.96. The maximum Gasteiger partial charge on any atom is 0.235 e. The van der Waals surface area contributed by atoms with E-state index in [-0.39, 0.29) is 23.7 Å². The Morgan fingerprint density at radius 2 is 1.74 bits per heavy atom. The van der Waals surface area contributed by atoms with E-state index in [1.165, 1.54) is 0 Å². The predicted octanol–water partition coefficient (Wildman–Crippen LogP) is 2.50. The number of nitrogens with two attached hydrogens (primary N) is 1.